The quantitative estimate of drug-likeness (QED) is 0.836. The Morgan fingerprint density at radius 3 is 2.83 bits per heavy atom. The molecule has 1 saturated heterocycles. The van der Waals surface area contributed by atoms with Gasteiger partial charge >= 0.3 is 0 Å². The third kappa shape index (κ3) is 3.19. The number of fused-ring (bicyclic) bond motifs is 1. The second kappa shape index (κ2) is 6.00. The molecule has 1 aliphatic heterocycles. The number of nitrogens with one attached hydrogen (secondary N) is 1. The second-order valence-electron chi connectivity index (χ2n) is 6.17. The monoisotopic (exact) mass is 315 g/mol. The van der Waals surface area contributed by atoms with E-state index in [1.807, 2.05) is 31.0 Å². The number of hydrogen-bond donors (Lipinski definition) is 2. The highest BCUT2D eigenvalue weighted by Gasteiger charge is 2.28. The van der Waals surface area contributed by atoms with Gasteiger partial charge in [-0.1, -0.05) is 0 Å². The SMILES string of the molecule is Cc1nc2ccc(C(=O)N3CCN(C)C[C@H](C(N)=O)C3)cc2[nH]1. The van der Waals surface area contributed by atoms with Crippen molar-refractivity contribution < 1.29 is 9.59 Å². The summed E-state index contributed by atoms with van der Waals surface area (Å²) in [6.07, 6.45) is 0. The van der Waals surface area contributed by atoms with Crippen molar-refractivity contribution in [2.45, 2.75) is 6.92 Å². The van der Waals surface area contributed by atoms with Crippen molar-refractivity contribution in [1.29, 1.82) is 0 Å². The molecule has 3 N–H and O–H groups in total. The van der Waals surface area contributed by atoms with Crippen molar-refractivity contribution in [3.8, 4) is 0 Å². The molecule has 2 heterocycles. The molecule has 1 aliphatic rings. The Morgan fingerprint density at radius 1 is 1.30 bits per heavy atom. The van der Waals surface area contributed by atoms with Crippen LogP contribution in [0.2, 0.25) is 0 Å². The van der Waals surface area contributed by atoms with E-state index < -0.39 is 0 Å². The van der Waals surface area contributed by atoms with Crippen molar-refractivity contribution in [3.05, 3.63) is 29.6 Å². The zero-order valence-electron chi connectivity index (χ0n) is 13.4. The number of H-pyrrole nitrogens is 1. The first-order valence-electron chi connectivity index (χ1n) is 7.67. The number of primary amides is 1. The van der Waals surface area contributed by atoms with Gasteiger partial charge in [-0.25, -0.2) is 4.98 Å². The highest BCUT2D eigenvalue weighted by molar-refractivity contribution is 5.97. The molecule has 2 aromatic rings. The molecule has 0 aliphatic carbocycles. The summed E-state index contributed by atoms with van der Waals surface area (Å²) in [6.45, 7) is 4.13. The van der Waals surface area contributed by atoms with Gasteiger partial charge in [-0.3, -0.25) is 9.59 Å². The average molecular weight is 315 g/mol. The Bertz CT molecular complexity index is 754. The van der Waals surface area contributed by atoms with Crippen molar-refractivity contribution in [2.75, 3.05) is 33.2 Å². The molecule has 122 valence electrons. The molecule has 0 unspecified atom stereocenters. The minimum absolute atomic E-state index is 0.0827. The number of aromatic amines is 1. The molecule has 23 heavy (non-hydrogen) atoms. The predicted molar refractivity (Wildman–Crippen MR) is 86.9 cm³/mol. The van der Waals surface area contributed by atoms with Crippen LogP contribution < -0.4 is 5.73 Å². The molecule has 0 bridgehead atoms. The molecule has 1 aromatic carbocycles. The molecule has 7 nitrogen and oxygen atoms in total. The normalized spacial score (nSPS) is 19.7. The standard InChI is InChI=1S/C16H21N5O2/c1-10-18-13-4-3-11(7-14(13)19-10)16(23)21-6-5-20(2)8-12(9-21)15(17)22/h3-4,7,12H,5-6,8-9H2,1-2H3,(H2,17,22)(H,18,19)/t12-/m0/s1. The smallest absolute Gasteiger partial charge is 0.253 e. The number of aryl methyl sites for hydroxylation is 1. The van der Waals surface area contributed by atoms with Crippen LogP contribution in [0, 0.1) is 12.8 Å². The van der Waals surface area contributed by atoms with Gasteiger partial charge in [-0.05, 0) is 32.2 Å². The van der Waals surface area contributed by atoms with Crippen LogP contribution in [0.25, 0.3) is 11.0 Å². The van der Waals surface area contributed by atoms with E-state index in [-0.39, 0.29) is 17.7 Å². The van der Waals surface area contributed by atoms with Crippen LogP contribution in [0.5, 0.6) is 0 Å². The Morgan fingerprint density at radius 2 is 2.09 bits per heavy atom. The number of amides is 2. The van der Waals surface area contributed by atoms with Crippen LogP contribution >= 0.6 is 0 Å². The topological polar surface area (TPSA) is 95.3 Å². The summed E-state index contributed by atoms with van der Waals surface area (Å²) in [6, 6.07) is 5.42. The molecular weight excluding hydrogens is 294 g/mol. The Hall–Kier alpha value is -2.41. The highest BCUT2D eigenvalue weighted by Crippen LogP contribution is 2.17. The Balaban J connectivity index is 1.85. The predicted octanol–water partition coefficient (Wildman–Crippen LogP) is 0.360. The molecule has 1 aromatic heterocycles. The number of rotatable bonds is 2. The lowest BCUT2D eigenvalue weighted by Crippen LogP contribution is -2.40. The third-order valence-electron chi connectivity index (χ3n) is 4.26. The lowest BCUT2D eigenvalue weighted by Gasteiger charge is -2.22. The van der Waals surface area contributed by atoms with Gasteiger partial charge in [0.25, 0.3) is 5.91 Å². The number of likely N-dealkylation sites (N-methyl/N-ethyl adjacent to an activating group) is 1. The van der Waals surface area contributed by atoms with Crippen molar-refractivity contribution in [1.82, 2.24) is 19.8 Å². The van der Waals surface area contributed by atoms with Crippen LogP contribution in [0.4, 0.5) is 0 Å². The molecule has 2 amide bonds. The maximum absolute atomic E-state index is 12.8. The van der Waals surface area contributed by atoms with Gasteiger partial charge in [0.2, 0.25) is 5.91 Å². The van der Waals surface area contributed by atoms with Gasteiger partial charge < -0.3 is 20.5 Å². The van der Waals surface area contributed by atoms with Crippen LogP contribution in [0.15, 0.2) is 18.2 Å². The second-order valence-corrected chi connectivity index (χ2v) is 6.17. The number of nitrogens with two attached hydrogens (primary N) is 1. The first kappa shape index (κ1) is 15.5. The zero-order valence-corrected chi connectivity index (χ0v) is 13.4. The van der Waals surface area contributed by atoms with Gasteiger partial charge in [0.15, 0.2) is 0 Å². The molecule has 1 fully saturated rings. The number of hydrogen-bond acceptors (Lipinski definition) is 4. The third-order valence-corrected chi connectivity index (χ3v) is 4.26. The van der Waals surface area contributed by atoms with E-state index in [2.05, 4.69) is 9.97 Å². The van der Waals surface area contributed by atoms with Crippen LogP contribution in [-0.4, -0.2) is 64.8 Å². The van der Waals surface area contributed by atoms with Crippen LogP contribution in [0.1, 0.15) is 16.2 Å². The van der Waals surface area contributed by atoms with E-state index in [1.54, 1.807) is 11.0 Å². The fraction of sp³-hybridized carbons (Fsp3) is 0.438. The molecule has 0 radical (unpaired) electrons. The van der Waals surface area contributed by atoms with Gasteiger partial charge in [-0.2, -0.15) is 0 Å². The zero-order chi connectivity index (χ0) is 16.6. The van der Waals surface area contributed by atoms with E-state index in [0.29, 0.717) is 25.2 Å². The van der Waals surface area contributed by atoms with Crippen molar-refractivity contribution in [2.24, 2.45) is 11.7 Å². The van der Waals surface area contributed by atoms with Gasteiger partial charge in [0.05, 0.1) is 17.0 Å². The lowest BCUT2D eigenvalue weighted by atomic mass is 10.1. The highest BCUT2D eigenvalue weighted by atomic mass is 16.2. The van der Waals surface area contributed by atoms with Crippen molar-refractivity contribution in [3.63, 3.8) is 0 Å². The number of aromatic nitrogens is 2. The minimum Gasteiger partial charge on any atom is -0.369 e. The summed E-state index contributed by atoms with van der Waals surface area (Å²) < 4.78 is 0. The fourth-order valence-corrected chi connectivity index (χ4v) is 2.99. The van der Waals surface area contributed by atoms with Gasteiger partial charge in [0.1, 0.15) is 5.82 Å². The maximum Gasteiger partial charge on any atom is 0.253 e. The molecule has 0 saturated carbocycles. The van der Waals surface area contributed by atoms with Gasteiger partial charge in [-0.15, -0.1) is 0 Å². The summed E-state index contributed by atoms with van der Waals surface area (Å²) in [5, 5.41) is 0. The molecular formula is C16H21N5O2. The van der Waals surface area contributed by atoms with Crippen LogP contribution in [0.3, 0.4) is 0 Å². The van der Waals surface area contributed by atoms with Crippen LogP contribution in [-0.2, 0) is 4.79 Å². The number of nitrogens with zero attached hydrogens (tertiary/aromatic N) is 3. The Labute approximate surface area is 134 Å². The summed E-state index contributed by atoms with van der Waals surface area (Å²) in [4.78, 5) is 35.6. The summed E-state index contributed by atoms with van der Waals surface area (Å²) in [5.41, 5.74) is 7.73. The van der Waals surface area contributed by atoms with E-state index in [4.69, 9.17) is 5.73 Å². The van der Waals surface area contributed by atoms with Crippen molar-refractivity contribution >= 4 is 22.8 Å². The molecule has 7 heteroatoms. The summed E-state index contributed by atoms with van der Waals surface area (Å²) in [5.74, 6) is 0.0243. The maximum atomic E-state index is 12.8. The lowest BCUT2D eigenvalue weighted by molar-refractivity contribution is -0.122. The largest absolute Gasteiger partial charge is 0.369 e. The molecule has 0 spiro atoms. The first-order chi connectivity index (χ1) is 10.9. The number of benzene rings is 1. The van der Waals surface area contributed by atoms with Gasteiger partial charge in [0, 0.05) is 31.7 Å². The molecule has 1 atom stereocenters. The number of carbonyl (C=O) groups is 2. The summed E-state index contributed by atoms with van der Waals surface area (Å²) >= 11 is 0. The van der Waals surface area contributed by atoms with E-state index in [1.165, 1.54) is 0 Å². The van der Waals surface area contributed by atoms with E-state index in [9.17, 15) is 9.59 Å². The van der Waals surface area contributed by atoms with E-state index in [0.717, 1.165) is 23.4 Å². The minimum atomic E-state index is -0.365. The first-order valence-corrected chi connectivity index (χ1v) is 7.67. The summed E-state index contributed by atoms with van der Waals surface area (Å²) in [7, 11) is 1.93. The fourth-order valence-electron chi connectivity index (χ4n) is 2.99. The number of carbonyl (C=O) groups excluding carboxylic acids is 2. The Kier molecular flexibility index (Phi) is 4.04. The number of imidazole rings is 1. The average Bonchev–Trinajstić information content (AvgIpc) is 2.75. The van der Waals surface area contributed by atoms with E-state index >= 15 is 0 Å². The molecule has 3 rings (SSSR count).